The predicted octanol–water partition coefficient (Wildman–Crippen LogP) is 1.96. The Hall–Kier alpha value is -1.72. The van der Waals surface area contributed by atoms with Gasteiger partial charge in [0.05, 0.1) is 5.69 Å². The summed E-state index contributed by atoms with van der Waals surface area (Å²) in [4.78, 5) is 9.97. The molecule has 0 bridgehead atoms. The molecule has 3 aromatic rings. The lowest BCUT2D eigenvalue weighted by atomic mass is 10.3. The molecule has 0 saturated heterocycles. The van der Waals surface area contributed by atoms with Crippen molar-refractivity contribution in [3.8, 4) is 10.4 Å². The summed E-state index contributed by atoms with van der Waals surface area (Å²) in [5.74, 6) is 0.730. The summed E-state index contributed by atoms with van der Waals surface area (Å²) in [5.41, 5.74) is 7.63. The standard InChI is InChI=1S/C12H12N4S/c13-4-3-10-8-16-7-9(6-14-12(16)15-10)11-2-1-5-17-11/h1-2,5-8H,3-4,13H2. The highest BCUT2D eigenvalue weighted by Crippen LogP contribution is 2.23. The van der Waals surface area contributed by atoms with Gasteiger partial charge in [0.1, 0.15) is 0 Å². The molecule has 0 atom stereocenters. The molecular weight excluding hydrogens is 232 g/mol. The normalized spacial score (nSPS) is 11.1. The summed E-state index contributed by atoms with van der Waals surface area (Å²) in [6.07, 6.45) is 6.70. The van der Waals surface area contributed by atoms with Crippen molar-refractivity contribution in [3.05, 3.63) is 41.8 Å². The monoisotopic (exact) mass is 244 g/mol. The fraction of sp³-hybridized carbons (Fsp3) is 0.167. The number of nitrogens with two attached hydrogens (primary N) is 1. The van der Waals surface area contributed by atoms with Crippen LogP contribution in [0.25, 0.3) is 16.2 Å². The Labute approximate surface area is 103 Å². The van der Waals surface area contributed by atoms with E-state index in [9.17, 15) is 0 Å². The quantitative estimate of drug-likeness (QED) is 0.766. The van der Waals surface area contributed by atoms with Crippen LogP contribution in [0.1, 0.15) is 5.69 Å². The van der Waals surface area contributed by atoms with Crippen LogP contribution in [0.2, 0.25) is 0 Å². The second-order valence-electron chi connectivity index (χ2n) is 3.80. The maximum absolute atomic E-state index is 5.52. The Bertz CT molecular complexity index is 627. The van der Waals surface area contributed by atoms with E-state index >= 15 is 0 Å². The van der Waals surface area contributed by atoms with Crippen LogP contribution in [-0.2, 0) is 6.42 Å². The lowest BCUT2D eigenvalue weighted by Gasteiger charge is -1.97. The molecule has 0 fully saturated rings. The molecule has 3 heterocycles. The molecule has 2 N–H and O–H groups in total. The third kappa shape index (κ3) is 1.94. The summed E-state index contributed by atoms with van der Waals surface area (Å²) in [7, 11) is 0. The van der Waals surface area contributed by atoms with Crippen molar-refractivity contribution in [3.63, 3.8) is 0 Å². The van der Waals surface area contributed by atoms with Crippen LogP contribution in [0.15, 0.2) is 36.1 Å². The predicted molar refractivity (Wildman–Crippen MR) is 69.1 cm³/mol. The number of thiophene rings is 1. The number of nitrogens with zero attached hydrogens (tertiary/aromatic N) is 3. The van der Waals surface area contributed by atoms with Crippen molar-refractivity contribution in [1.29, 1.82) is 0 Å². The zero-order valence-corrected chi connectivity index (χ0v) is 10.0. The fourth-order valence-corrected chi connectivity index (χ4v) is 2.48. The van der Waals surface area contributed by atoms with E-state index in [4.69, 9.17) is 5.73 Å². The highest BCUT2D eigenvalue weighted by molar-refractivity contribution is 7.13. The van der Waals surface area contributed by atoms with E-state index in [0.29, 0.717) is 6.54 Å². The Morgan fingerprint density at radius 3 is 3.06 bits per heavy atom. The number of hydrogen-bond donors (Lipinski definition) is 1. The molecule has 0 aliphatic rings. The van der Waals surface area contributed by atoms with E-state index in [2.05, 4.69) is 27.6 Å². The first-order valence-electron chi connectivity index (χ1n) is 5.44. The first kappa shape index (κ1) is 10.4. The highest BCUT2D eigenvalue weighted by atomic mass is 32.1. The molecule has 0 unspecified atom stereocenters. The van der Waals surface area contributed by atoms with Crippen LogP contribution >= 0.6 is 11.3 Å². The molecule has 17 heavy (non-hydrogen) atoms. The van der Waals surface area contributed by atoms with Gasteiger partial charge in [-0.25, -0.2) is 9.97 Å². The van der Waals surface area contributed by atoms with Gasteiger partial charge in [0.15, 0.2) is 0 Å². The minimum absolute atomic E-state index is 0.613. The van der Waals surface area contributed by atoms with Crippen LogP contribution in [0.3, 0.4) is 0 Å². The van der Waals surface area contributed by atoms with Crippen molar-refractivity contribution in [2.75, 3.05) is 6.54 Å². The van der Waals surface area contributed by atoms with Crippen LogP contribution < -0.4 is 5.73 Å². The van der Waals surface area contributed by atoms with Crippen LogP contribution in [0, 0.1) is 0 Å². The summed E-state index contributed by atoms with van der Waals surface area (Å²) in [5, 5.41) is 2.06. The molecule has 3 aromatic heterocycles. The van der Waals surface area contributed by atoms with Gasteiger partial charge in [0, 0.05) is 35.5 Å². The lowest BCUT2D eigenvalue weighted by molar-refractivity contribution is 0.936. The first-order valence-corrected chi connectivity index (χ1v) is 6.32. The van der Waals surface area contributed by atoms with Crippen molar-refractivity contribution in [1.82, 2.24) is 14.4 Å². The molecular formula is C12H12N4S. The van der Waals surface area contributed by atoms with E-state index < -0.39 is 0 Å². The van der Waals surface area contributed by atoms with Gasteiger partial charge in [0.25, 0.3) is 0 Å². The summed E-state index contributed by atoms with van der Waals surface area (Å²) in [6.45, 7) is 0.613. The van der Waals surface area contributed by atoms with Crippen molar-refractivity contribution >= 4 is 17.1 Å². The SMILES string of the molecule is NCCc1cn2cc(-c3cccs3)cnc2n1. The van der Waals surface area contributed by atoms with Gasteiger partial charge in [-0.1, -0.05) is 6.07 Å². The molecule has 0 aliphatic heterocycles. The largest absolute Gasteiger partial charge is 0.330 e. The first-order chi connectivity index (χ1) is 8.36. The molecule has 86 valence electrons. The van der Waals surface area contributed by atoms with E-state index in [1.54, 1.807) is 11.3 Å². The Kier molecular flexibility index (Phi) is 2.62. The van der Waals surface area contributed by atoms with Crippen molar-refractivity contribution in [2.45, 2.75) is 6.42 Å². The Balaban J connectivity index is 2.06. The van der Waals surface area contributed by atoms with Gasteiger partial charge in [-0.05, 0) is 18.0 Å². The molecule has 0 saturated carbocycles. The number of aromatic nitrogens is 3. The second-order valence-corrected chi connectivity index (χ2v) is 4.75. The molecule has 0 spiro atoms. The molecule has 4 nitrogen and oxygen atoms in total. The van der Waals surface area contributed by atoms with Gasteiger partial charge in [-0.15, -0.1) is 11.3 Å². The summed E-state index contributed by atoms with van der Waals surface area (Å²) in [6, 6.07) is 4.13. The van der Waals surface area contributed by atoms with Crippen LogP contribution in [-0.4, -0.2) is 20.9 Å². The third-order valence-electron chi connectivity index (χ3n) is 2.57. The second kappa shape index (κ2) is 4.27. The Morgan fingerprint density at radius 1 is 1.35 bits per heavy atom. The van der Waals surface area contributed by atoms with Gasteiger partial charge < -0.3 is 5.73 Å². The van der Waals surface area contributed by atoms with Crippen LogP contribution in [0.4, 0.5) is 0 Å². The summed E-state index contributed by atoms with van der Waals surface area (Å²) < 4.78 is 1.96. The minimum Gasteiger partial charge on any atom is -0.330 e. The van der Waals surface area contributed by atoms with Gasteiger partial charge >= 0.3 is 0 Å². The van der Waals surface area contributed by atoms with Crippen LogP contribution in [0.5, 0.6) is 0 Å². The van der Waals surface area contributed by atoms with E-state index in [-0.39, 0.29) is 0 Å². The third-order valence-corrected chi connectivity index (χ3v) is 3.49. The maximum Gasteiger partial charge on any atom is 0.233 e. The molecule has 0 aliphatic carbocycles. The van der Waals surface area contributed by atoms with E-state index in [0.717, 1.165) is 23.5 Å². The number of imidazole rings is 1. The number of fused-ring (bicyclic) bond motifs is 1. The molecule has 5 heteroatoms. The zero-order chi connectivity index (χ0) is 11.7. The lowest BCUT2D eigenvalue weighted by Crippen LogP contribution is -2.02. The number of rotatable bonds is 3. The van der Waals surface area contributed by atoms with E-state index in [1.165, 1.54) is 4.88 Å². The van der Waals surface area contributed by atoms with Crippen molar-refractivity contribution < 1.29 is 0 Å². The highest BCUT2D eigenvalue weighted by Gasteiger charge is 2.04. The molecule has 0 radical (unpaired) electrons. The molecule has 3 rings (SSSR count). The zero-order valence-electron chi connectivity index (χ0n) is 9.21. The summed E-state index contributed by atoms with van der Waals surface area (Å²) >= 11 is 1.71. The van der Waals surface area contributed by atoms with E-state index in [1.807, 2.05) is 22.9 Å². The average molecular weight is 244 g/mol. The average Bonchev–Trinajstić information content (AvgIpc) is 2.96. The smallest absolute Gasteiger partial charge is 0.233 e. The van der Waals surface area contributed by atoms with Gasteiger partial charge in [0.2, 0.25) is 5.78 Å². The van der Waals surface area contributed by atoms with Gasteiger partial charge in [-0.2, -0.15) is 0 Å². The maximum atomic E-state index is 5.52. The topological polar surface area (TPSA) is 56.2 Å². The minimum atomic E-state index is 0.613. The molecule has 0 aromatic carbocycles. The van der Waals surface area contributed by atoms with Crippen molar-refractivity contribution in [2.24, 2.45) is 5.73 Å². The molecule has 0 amide bonds. The fourth-order valence-electron chi connectivity index (χ4n) is 1.77. The number of hydrogen-bond acceptors (Lipinski definition) is 4. The Morgan fingerprint density at radius 2 is 2.29 bits per heavy atom. The van der Waals surface area contributed by atoms with Gasteiger partial charge in [-0.3, -0.25) is 4.40 Å².